The Morgan fingerprint density at radius 3 is 2.76 bits per heavy atom. The summed E-state index contributed by atoms with van der Waals surface area (Å²) in [6.07, 6.45) is 0.124. The van der Waals surface area contributed by atoms with E-state index in [-0.39, 0.29) is 17.5 Å². The molecule has 0 aliphatic rings. The lowest BCUT2D eigenvalue weighted by Gasteiger charge is -2.09. The summed E-state index contributed by atoms with van der Waals surface area (Å²) in [5.74, 6) is -0.635. The summed E-state index contributed by atoms with van der Waals surface area (Å²) < 4.78 is 18.7. The van der Waals surface area contributed by atoms with Gasteiger partial charge in [-0.25, -0.2) is 4.39 Å². The van der Waals surface area contributed by atoms with Crippen molar-refractivity contribution in [2.75, 3.05) is 18.5 Å². The summed E-state index contributed by atoms with van der Waals surface area (Å²) in [5, 5.41) is 13.2. The van der Waals surface area contributed by atoms with Gasteiger partial charge in [-0.05, 0) is 19.9 Å². The molecule has 0 amide bonds. The molecule has 1 aromatic carbocycles. The lowest BCUT2D eigenvalue weighted by atomic mass is 10.2. The molecule has 6 heteroatoms. The molecule has 0 heterocycles. The van der Waals surface area contributed by atoms with Gasteiger partial charge in [0, 0.05) is 12.6 Å². The molecule has 17 heavy (non-hydrogen) atoms. The summed E-state index contributed by atoms with van der Waals surface area (Å²) >= 11 is 0. The van der Waals surface area contributed by atoms with Gasteiger partial charge in [-0.2, -0.15) is 0 Å². The molecule has 0 saturated heterocycles. The number of rotatable bonds is 6. The average Bonchev–Trinajstić information content (AvgIpc) is 2.25. The minimum atomic E-state index is -0.635. The van der Waals surface area contributed by atoms with Crippen molar-refractivity contribution in [1.29, 1.82) is 0 Å². The first-order chi connectivity index (χ1) is 8.00. The van der Waals surface area contributed by atoms with Gasteiger partial charge < -0.3 is 10.1 Å². The Hall–Kier alpha value is -1.69. The Morgan fingerprint density at radius 1 is 1.53 bits per heavy atom. The molecular formula is C11H15FN2O3. The summed E-state index contributed by atoms with van der Waals surface area (Å²) in [6, 6.07) is 3.50. The highest BCUT2D eigenvalue weighted by Gasteiger charge is 2.09. The van der Waals surface area contributed by atoms with Crippen molar-refractivity contribution in [2.45, 2.75) is 20.0 Å². The van der Waals surface area contributed by atoms with Gasteiger partial charge in [0.2, 0.25) is 0 Å². The van der Waals surface area contributed by atoms with E-state index in [9.17, 15) is 14.5 Å². The molecule has 94 valence electrons. The molecule has 0 bridgehead atoms. The van der Waals surface area contributed by atoms with Gasteiger partial charge in [-0.15, -0.1) is 0 Å². The monoisotopic (exact) mass is 242 g/mol. The number of ether oxygens (including phenoxy) is 1. The number of anilines is 1. The minimum Gasteiger partial charge on any atom is -0.380 e. The molecule has 1 aromatic rings. The Kier molecular flexibility index (Phi) is 4.84. The van der Waals surface area contributed by atoms with Crippen LogP contribution in [0.3, 0.4) is 0 Å². The minimum absolute atomic E-state index is 0.124. The fourth-order valence-corrected chi connectivity index (χ4v) is 1.24. The van der Waals surface area contributed by atoms with Gasteiger partial charge in [0.1, 0.15) is 0 Å². The van der Waals surface area contributed by atoms with Crippen LogP contribution in [0.25, 0.3) is 0 Å². The van der Waals surface area contributed by atoms with Crippen LogP contribution >= 0.6 is 0 Å². The number of nitrogens with one attached hydrogen (secondary N) is 1. The van der Waals surface area contributed by atoms with Gasteiger partial charge in [0.25, 0.3) is 5.69 Å². The smallest absolute Gasteiger partial charge is 0.272 e. The van der Waals surface area contributed by atoms with Crippen molar-refractivity contribution < 1.29 is 14.1 Å². The summed E-state index contributed by atoms with van der Waals surface area (Å²) in [4.78, 5) is 9.77. The lowest BCUT2D eigenvalue weighted by Crippen LogP contribution is -2.13. The third-order valence-corrected chi connectivity index (χ3v) is 2.03. The van der Waals surface area contributed by atoms with Crippen LogP contribution in [0.1, 0.15) is 13.8 Å². The number of nitro groups is 1. The van der Waals surface area contributed by atoms with E-state index in [1.165, 1.54) is 12.1 Å². The lowest BCUT2D eigenvalue weighted by molar-refractivity contribution is -0.385. The van der Waals surface area contributed by atoms with Crippen molar-refractivity contribution in [3.05, 3.63) is 34.1 Å². The first-order valence-corrected chi connectivity index (χ1v) is 5.30. The number of non-ortho nitro benzene ring substituents is 1. The van der Waals surface area contributed by atoms with Crippen molar-refractivity contribution in [2.24, 2.45) is 0 Å². The number of halogens is 1. The zero-order valence-corrected chi connectivity index (χ0v) is 9.77. The average molecular weight is 242 g/mol. The molecule has 0 unspecified atom stereocenters. The molecule has 0 radical (unpaired) electrons. The summed E-state index contributed by atoms with van der Waals surface area (Å²) in [6.45, 7) is 4.72. The molecule has 0 aliphatic carbocycles. The van der Waals surface area contributed by atoms with E-state index in [2.05, 4.69) is 5.32 Å². The standard InChI is InChI=1S/C11H15FN2O3/c1-8(2)17-6-5-13-11-4-3-9(14(15)16)7-10(11)12/h3-4,7-8,13H,5-6H2,1-2H3. The first-order valence-electron chi connectivity index (χ1n) is 5.30. The highest BCUT2D eigenvalue weighted by molar-refractivity contribution is 5.50. The maximum absolute atomic E-state index is 13.4. The van der Waals surface area contributed by atoms with Crippen LogP contribution in [-0.4, -0.2) is 24.2 Å². The predicted octanol–water partition coefficient (Wildman–Crippen LogP) is 2.57. The van der Waals surface area contributed by atoms with E-state index >= 15 is 0 Å². The number of nitrogens with zero attached hydrogens (tertiary/aromatic N) is 1. The highest BCUT2D eigenvalue weighted by Crippen LogP contribution is 2.20. The van der Waals surface area contributed by atoms with Crippen LogP contribution in [0.15, 0.2) is 18.2 Å². The Balaban J connectivity index is 2.52. The quantitative estimate of drug-likeness (QED) is 0.473. The first kappa shape index (κ1) is 13.4. The SMILES string of the molecule is CC(C)OCCNc1ccc([N+](=O)[O-])cc1F. The van der Waals surface area contributed by atoms with Gasteiger partial charge in [0.15, 0.2) is 5.82 Å². The van der Waals surface area contributed by atoms with Crippen LogP contribution in [0.4, 0.5) is 15.8 Å². The van der Waals surface area contributed by atoms with Crippen LogP contribution in [-0.2, 0) is 4.74 Å². The van der Waals surface area contributed by atoms with Gasteiger partial charge >= 0.3 is 0 Å². The molecule has 1 rings (SSSR count). The fourth-order valence-electron chi connectivity index (χ4n) is 1.24. The van der Waals surface area contributed by atoms with Crippen LogP contribution < -0.4 is 5.32 Å². The van der Waals surface area contributed by atoms with Crippen LogP contribution in [0.2, 0.25) is 0 Å². The third-order valence-electron chi connectivity index (χ3n) is 2.03. The summed E-state index contributed by atoms with van der Waals surface area (Å²) in [7, 11) is 0. The van der Waals surface area contributed by atoms with Crippen molar-refractivity contribution >= 4 is 11.4 Å². The van der Waals surface area contributed by atoms with Crippen molar-refractivity contribution in [3.8, 4) is 0 Å². The second kappa shape index (κ2) is 6.15. The molecule has 0 fully saturated rings. The zero-order chi connectivity index (χ0) is 12.8. The molecule has 5 nitrogen and oxygen atoms in total. The number of hydrogen-bond acceptors (Lipinski definition) is 4. The van der Waals surface area contributed by atoms with Gasteiger partial charge in [0.05, 0.1) is 29.4 Å². The van der Waals surface area contributed by atoms with Crippen LogP contribution in [0, 0.1) is 15.9 Å². The second-order valence-corrected chi connectivity index (χ2v) is 3.77. The molecular weight excluding hydrogens is 227 g/mol. The molecule has 0 atom stereocenters. The zero-order valence-electron chi connectivity index (χ0n) is 9.77. The van der Waals surface area contributed by atoms with Gasteiger partial charge in [-0.3, -0.25) is 10.1 Å². The summed E-state index contributed by atoms with van der Waals surface area (Å²) in [5.41, 5.74) is -0.0190. The number of hydrogen-bond donors (Lipinski definition) is 1. The maximum atomic E-state index is 13.4. The van der Waals surface area contributed by atoms with Gasteiger partial charge in [-0.1, -0.05) is 0 Å². The van der Waals surface area contributed by atoms with E-state index in [1.54, 1.807) is 0 Å². The molecule has 0 aliphatic heterocycles. The fraction of sp³-hybridized carbons (Fsp3) is 0.455. The van der Waals surface area contributed by atoms with E-state index < -0.39 is 10.7 Å². The maximum Gasteiger partial charge on any atom is 0.272 e. The van der Waals surface area contributed by atoms with E-state index in [0.717, 1.165) is 6.07 Å². The Morgan fingerprint density at radius 2 is 2.24 bits per heavy atom. The molecule has 1 N–H and O–H groups in total. The molecule has 0 aromatic heterocycles. The third kappa shape index (κ3) is 4.36. The number of benzene rings is 1. The molecule has 0 saturated carbocycles. The molecule has 0 spiro atoms. The van der Waals surface area contributed by atoms with Crippen molar-refractivity contribution in [3.63, 3.8) is 0 Å². The van der Waals surface area contributed by atoms with Crippen molar-refractivity contribution in [1.82, 2.24) is 0 Å². The second-order valence-electron chi connectivity index (χ2n) is 3.77. The Labute approximate surface area is 98.7 Å². The van der Waals surface area contributed by atoms with Crippen LogP contribution in [0.5, 0.6) is 0 Å². The van der Waals surface area contributed by atoms with E-state index in [4.69, 9.17) is 4.74 Å². The van der Waals surface area contributed by atoms with E-state index in [1.807, 2.05) is 13.8 Å². The largest absolute Gasteiger partial charge is 0.380 e. The topological polar surface area (TPSA) is 64.4 Å². The normalized spacial score (nSPS) is 10.6. The number of nitro benzene ring substituents is 1. The predicted molar refractivity (Wildman–Crippen MR) is 62.6 cm³/mol. The van der Waals surface area contributed by atoms with E-state index in [0.29, 0.717) is 13.2 Å². The Bertz CT molecular complexity index is 396. The highest BCUT2D eigenvalue weighted by atomic mass is 19.1.